The zero-order chi connectivity index (χ0) is 15.2. The van der Waals surface area contributed by atoms with Crippen molar-refractivity contribution in [3.63, 3.8) is 0 Å². The summed E-state index contributed by atoms with van der Waals surface area (Å²) in [6.45, 7) is 4.48. The van der Waals surface area contributed by atoms with Crippen molar-refractivity contribution in [2.24, 2.45) is 5.92 Å². The Morgan fingerprint density at radius 3 is 2.90 bits per heavy atom. The second kappa shape index (κ2) is 7.61. The van der Waals surface area contributed by atoms with Crippen LogP contribution < -0.4 is 0 Å². The molecule has 0 saturated heterocycles. The number of hydrogen-bond donors (Lipinski definition) is 1. The van der Waals surface area contributed by atoms with Crippen LogP contribution in [0.5, 0.6) is 0 Å². The number of rotatable bonds is 7. The molecule has 112 valence electrons. The molecular weight excluding hydrogens is 302 g/mol. The van der Waals surface area contributed by atoms with Gasteiger partial charge in [0.05, 0.1) is 0 Å². The molecule has 0 atom stereocenters. The molecule has 0 fully saturated rings. The molecule has 2 rings (SSSR count). The Kier molecular flexibility index (Phi) is 5.82. The highest BCUT2D eigenvalue weighted by Gasteiger charge is 2.10. The number of thiazole rings is 1. The molecule has 1 N–H and O–H groups in total. The van der Waals surface area contributed by atoms with E-state index in [1.807, 2.05) is 23.9 Å². The van der Waals surface area contributed by atoms with Crippen molar-refractivity contribution >= 4 is 29.1 Å². The summed E-state index contributed by atoms with van der Waals surface area (Å²) in [5, 5.41) is 11.3. The fourth-order valence-corrected chi connectivity index (χ4v) is 3.80. The largest absolute Gasteiger partial charge is 0.476 e. The van der Waals surface area contributed by atoms with Crippen molar-refractivity contribution in [1.82, 2.24) is 4.98 Å². The molecular formula is C16H19NO2S2. The molecule has 1 aromatic heterocycles. The standard InChI is InChI=1S/C16H19NO2S2/c1-11(2)6-7-20-9-12-4-3-5-13(8-12)15-17-14(10-21-15)16(18)19/h3-5,8,10-11H,6-7,9H2,1-2H3,(H,18,19). The van der Waals surface area contributed by atoms with Crippen LogP contribution in [0.4, 0.5) is 0 Å². The molecule has 3 nitrogen and oxygen atoms in total. The van der Waals surface area contributed by atoms with Crippen molar-refractivity contribution in [2.45, 2.75) is 26.0 Å². The number of nitrogens with zero attached hydrogens (tertiary/aromatic N) is 1. The molecule has 5 heteroatoms. The first-order chi connectivity index (χ1) is 10.1. The van der Waals surface area contributed by atoms with Crippen LogP contribution >= 0.6 is 23.1 Å². The molecule has 0 bridgehead atoms. The number of hydrogen-bond acceptors (Lipinski definition) is 4. The highest BCUT2D eigenvalue weighted by molar-refractivity contribution is 7.98. The second-order valence-corrected chi connectivity index (χ2v) is 7.24. The molecule has 0 aliphatic carbocycles. The zero-order valence-electron chi connectivity index (χ0n) is 12.2. The van der Waals surface area contributed by atoms with Crippen molar-refractivity contribution in [3.05, 3.63) is 40.9 Å². The third-order valence-electron chi connectivity index (χ3n) is 3.01. The van der Waals surface area contributed by atoms with E-state index >= 15 is 0 Å². The summed E-state index contributed by atoms with van der Waals surface area (Å²) in [4.78, 5) is 15.0. The van der Waals surface area contributed by atoms with E-state index in [1.54, 1.807) is 5.38 Å². The summed E-state index contributed by atoms with van der Waals surface area (Å²) in [6, 6.07) is 8.20. The van der Waals surface area contributed by atoms with Gasteiger partial charge >= 0.3 is 5.97 Å². The van der Waals surface area contributed by atoms with Crippen LogP contribution in [0.1, 0.15) is 36.3 Å². The number of thioether (sulfide) groups is 1. The lowest BCUT2D eigenvalue weighted by Gasteiger charge is -2.05. The average molecular weight is 321 g/mol. The van der Waals surface area contributed by atoms with E-state index in [1.165, 1.54) is 29.1 Å². The third kappa shape index (κ3) is 4.86. The van der Waals surface area contributed by atoms with Crippen molar-refractivity contribution in [3.8, 4) is 10.6 Å². The summed E-state index contributed by atoms with van der Waals surface area (Å²) >= 11 is 3.31. The van der Waals surface area contributed by atoms with E-state index in [9.17, 15) is 4.79 Å². The Balaban J connectivity index is 2.01. The lowest BCUT2D eigenvalue weighted by Crippen LogP contribution is -1.95. The minimum atomic E-state index is -0.974. The highest BCUT2D eigenvalue weighted by atomic mass is 32.2. The maximum atomic E-state index is 10.9. The molecule has 0 spiro atoms. The fraction of sp³-hybridized carbons (Fsp3) is 0.375. The summed E-state index contributed by atoms with van der Waals surface area (Å²) in [5.74, 6) is 1.92. The maximum Gasteiger partial charge on any atom is 0.355 e. The minimum absolute atomic E-state index is 0.117. The predicted molar refractivity (Wildman–Crippen MR) is 90.1 cm³/mol. The zero-order valence-corrected chi connectivity index (χ0v) is 13.8. The number of aromatic nitrogens is 1. The van der Waals surface area contributed by atoms with Gasteiger partial charge in [0.2, 0.25) is 0 Å². The Hall–Kier alpha value is -1.33. The second-order valence-electron chi connectivity index (χ2n) is 5.28. The van der Waals surface area contributed by atoms with Crippen LogP contribution in [0, 0.1) is 5.92 Å². The first kappa shape index (κ1) is 16.0. The van der Waals surface area contributed by atoms with Crippen molar-refractivity contribution < 1.29 is 9.90 Å². The van der Waals surface area contributed by atoms with Gasteiger partial charge in [-0.3, -0.25) is 0 Å². The quantitative estimate of drug-likeness (QED) is 0.745. The van der Waals surface area contributed by atoms with E-state index in [0.717, 1.165) is 22.2 Å². The van der Waals surface area contributed by atoms with Gasteiger partial charge in [0.1, 0.15) is 5.01 Å². The summed E-state index contributed by atoms with van der Waals surface area (Å²) < 4.78 is 0. The van der Waals surface area contributed by atoms with Crippen LogP contribution in [0.15, 0.2) is 29.6 Å². The summed E-state index contributed by atoms with van der Waals surface area (Å²) in [7, 11) is 0. The van der Waals surface area contributed by atoms with Gasteiger partial charge in [-0.1, -0.05) is 32.0 Å². The van der Waals surface area contributed by atoms with E-state index in [0.29, 0.717) is 0 Å². The Bertz CT molecular complexity index is 608. The molecule has 0 saturated carbocycles. The predicted octanol–water partition coefficient (Wildman–Crippen LogP) is 4.79. The van der Waals surface area contributed by atoms with Gasteiger partial charge in [-0.2, -0.15) is 11.8 Å². The summed E-state index contributed by atoms with van der Waals surface area (Å²) in [5.41, 5.74) is 2.37. The number of carbonyl (C=O) groups is 1. The smallest absolute Gasteiger partial charge is 0.355 e. The van der Waals surface area contributed by atoms with Gasteiger partial charge in [0.15, 0.2) is 5.69 Å². The molecule has 1 aromatic carbocycles. The minimum Gasteiger partial charge on any atom is -0.476 e. The van der Waals surface area contributed by atoms with E-state index < -0.39 is 5.97 Å². The van der Waals surface area contributed by atoms with Crippen LogP contribution in [0.3, 0.4) is 0 Å². The highest BCUT2D eigenvalue weighted by Crippen LogP contribution is 2.26. The molecule has 2 aromatic rings. The molecule has 21 heavy (non-hydrogen) atoms. The van der Waals surface area contributed by atoms with Crippen molar-refractivity contribution in [1.29, 1.82) is 0 Å². The fourth-order valence-electron chi connectivity index (χ4n) is 1.81. The van der Waals surface area contributed by atoms with Crippen LogP contribution in [-0.2, 0) is 5.75 Å². The topological polar surface area (TPSA) is 50.2 Å². The molecule has 0 radical (unpaired) electrons. The lowest BCUT2D eigenvalue weighted by atomic mass is 10.1. The van der Waals surface area contributed by atoms with Gasteiger partial charge in [-0.25, -0.2) is 9.78 Å². The van der Waals surface area contributed by atoms with Gasteiger partial charge in [0, 0.05) is 16.7 Å². The molecule has 0 unspecified atom stereocenters. The normalized spacial score (nSPS) is 11.0. The van der Waals surface area contributed by atoms with Crippen molar-refractivity contribution in [2.75, 3.05) is 5.75 Å². The van der Waals surface area contributed by atoms with E-state index in [-0.39, 0.29) is 5.69 Å². The Morgan fingerprint density at radius 2 is 2.24 bits per heavy atom. The number of carboxylic acids is 1. The summed E-state index contributed by atoms with van der Waals surface area (Å²) in [6.07, 6.45) is 1.23. The Morgan fingerprint density at radius 1 is 1.43 bits per heavy atom. The van der Waals surface area contributed by atoms with Gasteiger partial charge in [0.25, 0.3) is 0 Å². The SMILES string of the molecule is CC(C)CCSCc1cccc(-c2nc(C(=O)O)cs2)c1. The number of carboxylic acid groups (broad SMARTS) is 1. The number of benzene rings is 1. The Labute approximate surface area is 133 Å². The molecule has 1 heterocycles. The maximum absolute atomic E-state index is 10.9. The molecule has 0 aliphatic heterocycles. The lowest BCUT2D eigenvalue weighted by molar-refractivity contribution is 0.0691. The first-order valence-electron chi connectivity index (χ1n) is 6.92. The molecule has 0 aliphatic rings. The number of aromatic carboxylic acids is 1. The average Bonchev–Trinajstić information content (AvgIpc) is 2.94. The van der Waals surface area contributed by atoms with Crippen LogP contribution in [0.25, 0.3) is 10.6 Å². The van der Waals surface area contributed by atoms with Crippen LogP contribution in [0.2, 0.25) is 0 Å². The monoisotopic (exact) mass is 321 g/mol. The van der Waals surface area contributed by atoms with E-state index in [4.69, 9.17) is 5.11 Å². The van der Waals surface area contributed by atoms with Crippen LogP contribution in [-0.4, -0.2) is 21.8 Å². The van der Waals surface area contributed by atoms with E-state index in [2.05, 4.69) is 31.0 Å². The first-order valence-corrected chi connectivity index (χ1v) is 8.95. The molecule has 0 amide bonds. The van der Waals surface area contributed by atoms with Gasteiger partial charge in [-0.05, 0) is 29.7 Å². The van der Waals surface area contributed by atoms with Gasteiger partial charge in [-0.15, -0.1) is 11.3 Å². The van der Waals surface area contributed by atoms with Gasteiger partial charge < -0.3 is 5.11 Å². The third-order valence-corrected chi connectivity index (χ3v) is 4.96.